The Hall–Kier alpha value is -3.75. The lowest BCUT2D eigenvalue weighted by molar-refractivity contribution is 0.409. The first kappa shape index (κ1) is 20.0. The highest BCUT2D eigenvalue weighted by atomic mass is 16.3. The molecule has 0 spiro atoms. The Morgan fingerprint density at radius 2 is 1.62 bits per heavy atom. The van der Waals surface area contributed by atoms with Crippen molar-refractivity contribution < 1.29 is 5.11 Å². The van der Waals surface area contributed by atoms with E-state index in [-0.39, 0.29) is 22.5 Å². The average Bonchev–Trinajstić information content (AvgIpc) is 2.93. The van der Waals surface area contributed by atoms with Crippen LogP contribution >= 0.6 is 0 Å². The zero-order valence-electron chi connectivity index (χ0n) is 16.9. The smallest absolute Gasteiger partial charge is 0.333 e. The number of allylic oxidation sites excluding steroid dienone is 1. The average molecular weight is 397 g/mol. The van der Waals surface area contributed by atoms with Gasteiger partial charge in [-0.1, -0.05) is 24.3 Å². The molecule has 2 N–H and O–H groups in total. The lowest BCUT2D eigenvalue weighted by Crippen LogP contribution is -2.39. The Balaban J connectivity index is 2.18. The highest BCUT2D eigenvalue weighted by molar-refractivity contribution is 5.79. The Morgan fingerprint density at radius 3 is 2.21 bits per heavy atom. The molecule has 2 heterocycles. The summed E-state index contributed by atoms with van der Waals surface area (Å²) in [6, 6.07) is 9.16. The molecule has 152 valence electrons. The van der Waals surface area contributed by atoms with Gasteiger partial charge in [0.1, 0.15) is 11.3 Å². The van der Waals surface area contributed by atoms with Gasteiger partial charge in [0.15, 0.2) is 0 Å². The zero-order valence-corrected chi connectivity index (χ0v) is 16.9. The predicted molar refractivity (Wildman–Crippen MR) is 112 cm³/mol. The summed E-state index contributed by atoms with van der Waals surface area (Å²) < 4.78 is 5.08. The number of aromatic nitrogens is 4. The fraction of sp³-hybridized carbons (Fsp3) is 0.250. The number of rotatable bonds is 4. The van der Waals surface area contributed by atoms with Gasteiger partial charge in [0.25, 0.3) is 11.1 Å². The number of benzene rings is 1. The van der Waals surface area contributed by atoms with Crippen LogP contribution in [0.1, 0.15) is 18.2 Å². The molecule has 29 heavy (non-hydrogen) atoms. The van der Waals surface area contributed by atoms with Gasteiger partial charge in [-0.15, -0.1) is 0 Å². The van der Waals surface area contributed by atoms with E-state index >= 15 is 0 Å². The molecule has 0 saturated heterocycles. The van der Waals surface area contributed by atoms with Crippen LogP contribution in [0.3, 0.4) is 0 Å². The van der Waals surface area contributed by atoms with E-state index in [1.165, 1.54) is 18.8 Å². The number of aromatic hydroxyl groups is 1. The van der Waals surface area contributed by atoms with E-state index in [2.05, 4.69) is 5.32 Å². The minimum atomic E-state index is -0.664. The largest absolute Gasteiger partial charge is 0.494 e. The van der Waals surface area contributed by atoms with E-state index in [4.69, 9.17) is 0 Å². The minimum Gasteiger partial charge on any atom is -0.494 e. The highest BCUT2D eigenvalue weighted by Gasteiger charge is 2.22. The van der Waals surface area contributed by atoms with Gasteiger partial charge in [-0.2, -0.15) is 0 Å². The maximum absolute atomic E-state index is 13.1. The molecule has 0 unspecified atom stereocenters. The van der Waals surface area contributed by atoms with E-state index in [0.717, 1.165) is 9.13 Å². The maximum Gasteiger partial charge on any atom is 0.333 e. The van der Waals surface area contributed by atoms with E-state index in [1.54, 1.807) is 31.7 Å². The Labute approximate surface area is 166 Å². The molecule has 1 aromatic carbocycles. The quantitative estimate of drug-likeness (QED) is 0.685. The standard InChI is InChI=1S/C20H23N5O4/c1-6-14(15-17(26)22(3)20(29)23(4)18(15)27)21-16-12(2)24(5)25(19(16)28)13-10-8-7-9-11-13/h6-11,21,26H,1-5H3/b14-6-. The van der Waals surface area contributed by atoms with Crippen molar-refractivity contribution in [2.75, 3.05) is 5.32 Å². The first-order valence-corrected chi connectivity index (χ1v) is 8.97. The van der Waals surface area contributed by atoms with Gasteiger partial charge < -0.3 is 10.4 Å². The SMILES string of the molecule is C/C=C(\Nc1c(C)n(C)n(-c2ccccc2)c1=O)c1c(O)n(C)c(=O)n(C)c1=O. The van der Waals surface area contributed by atoms with Gasteiger partial charge in [-0.05, 0) is 26.0 Å². The molecule has 3 aromatic rings. The summed E-state index contributed by atoms with van der Waals surface area (Å²) in [5.41, 5.74) is 0.114. The van der Waals surface area contributed by atoms with Gasteiger partial charge in [0.2, 0.25) is 5.88 Å². The molecule has 0 amide bonds. The molecule has 0 aliphatic rings. The third kappa shape index (κ3) is 3.10. The first-order valence-electron chi connectivity index (χ1n) is 8.97. The second-order valence-corrected chi connectivity index (χ2v) is 6.67. The van der Waals surface area contributed by atoms with E-state index in [1.807, 2.05) is 30.3 Å². The van der Waals surface area contributed by atoms with Crippen molar-refractivity contribution in [3.63, 3.8) is 0 Å². The second kappa shape index (κ2) is 7.34. The van der Waals surface area contributed by atoms with E-state index in [9.17, 15) is 19.5 Å². The molecule has 0 aliphatic heterocycles. The molecule has 9 heteroatoms. The minimum absolute atomic E-state index is 0.0917. The summed E-state index contributed by atoms with van der Waals surface area (Å²) >= 11 is 0. The number of nitrogens with one attached hydrogen (secondary N) is 1. The Kier molecular flexibility index (Phi) is 5.06. The van der Waals surface area contributed by atoms with Gasteiger partial charge in [0.05, 0.1) is 17.1 Å². The van der Waals surface area contributed by atoms with Crippen molar-refractivity contribution in [1.29, 1.82) is 0 Å². The van der Waals surface area contributed by atoms with Crippen LogP contribution in [0.15, 0.2) is 50.8 Å². The summed E-state index contributed by atoms with van der Waals surface area (Å²) in [5.74, 6) is -0.476. The van der Waals surface area contributed by atoms with Crippen LogP contribution in [0.25, 0.3) is 11.4 Å². The first-order chi connectivity index (χ1) is 13.7. The van der Waals surface area contributed by atoms with Crippen molar-refractivity contribution >= 4 is 11.4 Å². The number of hydrogen-bond donors (Lipinski definition) is 2. The van der Waals surface area contributed by atoms with Crippen LogP contribution in [0.2, 0.25) is 0 Å². The second-order valence-electron chi connectivity index (χ2n) is 6.67. The van der Waals surface area contributed by atoms with Crippen LogP contribution < -0.4 is 22.1 Å². The van der Waals surface area contributed by atoms with Crippen molar-refractivity contribution in [3.05, 3.63) is 78.9 Å². The maximum atomic E-state index is 13.1. The molecule has 9 nitrogen and oxygen atoms in total. The van der Waals surface area contributed by atoms with E-state index < -0.39 is 17.1 Å². The molecule has 0 atom stereocenters. The number of nitrogens with zero attached hydrogens (tertiary/aromatic N) is 4. The fourth-order valence-corrected chi connectivity index (χ4v) is 3.20. The molecular formula is C20H23N5O4. The normalized spacial score (nSPS) is 11.7. The predicted octanol–water partition coefficient (Wildman–Crippen LogP) is 1.06. The fourth-order valence-electron chi connectivity index (χ4n) is 3.20. The van der Waals surface area contributed by atoms with Crippen molar-refractivity contribution in [1.82, 2.24) is 18.5 Å². The van der Waals surface area contributed by atoms with Crippen LogP contribution in [-0.2, 0) is 21.1 Å². The highest BCUT2D eigenvalue weighted by Crippen LogP contribution is 2.23. The topological polar surface area (TPSA) is 103 Å². The van der Waals surface area contributed by atoms with Crippen LogP contribution in [0, 0.1) is 6.92 Å². The molecule has 0 aliphatic carbocycles. The lowest BCUT2D eigenvalue weighted by Gasteiger charge is -2.14. The van der Waals surface area contributed by atoms with Gasteiger partial charge in [-0.3, -0.25) is 23.4 Å². The third-order valence-electron chi connectivity index (χ3n) is 5.01. The van der Waals surface area contributed by atoms with Crippen molar-refractivity contribution in [2.24, 2.45) is 21.1 Å². The summed E-state index contributed by atoms with van der Waals surface area (Å²) in [6.45, 7) is 3.44. The molecule has 0 fully saturated rings. The van der Waals surface area contributed by atoms with Gasteiger partial charge in [-0.25, -0.2) is 9.48 Å². The van der Waals surface area contributed by atoms with Crippen LogP contribution in [0.5, 0.6) is 5.88 Å². The summed E-state index contributed by atoms with van der Waals surface area (Å²) in [5, 5.41) is 13.4. The summed E-state index contributed by atoms with van der Waals surface area (Å²) in [4.78, 5) is 37.8. The molecule has 3 rings (SSSR count). The number of hydrogen-bond acceptors (Lipinski definition) is 5. The molecular weight excluding hydrogens is 374 g/mol. The molecule has 0 saturated carbocycles. The molecule has 0 bridgehead atoms. The third-order valence-corrected chi connectivity index (χ3v) is 5.01. The number of anilines is 1. The van der Waals surface area contributed by atoms with Crippen LogP contribution in [0.4, 0.5) is 5.69 Å². The molecule has 0 radical (unpaired) electrons. The van der Waals surface area contributed by atoms with E-state index in [0.29, 0.717) is 11.4 Å². The van der Waals surface area contributed by atoms with Crippen LogP contribution in [-0.4, -0.2) is 23.6 Å². The zero-order chi connectivity index (χ0) is 21.5. The monoisotopic (exact) mass is 397 g/mol. The Morgan fingerprint density at radius 1 is 1.00 bits per heavy atom. The lowest BCUT2D eigenvalue weighted by atomic mass is 10.2. The van der Waals surface area contributed by atoms with Crippen molar-refractivity contribution in [2.45, 2.75) is 13.8 Å². The Bertz CT molecular complexity index is 1290. The summed E-state index contributed by atoms with van der Waals surface area (Å²) in [6.07, 6.45) is 1.57. The van der Waals surface area contributed by atoms with Gasteiger partial charge >= 0.3 is 5.69 Å². The number of para-hydroxylation sites is 1. The summed E-state index contributed by atoms with van der Waals surface area (Å²) in [7, 11) is 4.45. The van der Waals surface area contributed by atoms with Crippen molar-refractivity contribution in [3.8, 4) is 11.6 Å². The molecule has 2 aromatic heterocycles. The van der Waals surface area contributed by atoms with Gasteiger partial charge in [0, 0.05) is 21.1 Å².